The van der Waals surface area contributed by atoms with Crippen molar-refractivity contribution in [2.75, 3.05) is 16.7 Å². The molecule has 0 saturated heterocycles. The number of anilines is 2. The summed E-state index contributed by atoms with van der Waals surface area (Å²) in [6.45, 7) is 0.535. The van der Waals surface area contributed by atoms with Crippen LogP contribution in [-0.2, 0) is 0 Å². The van der Waals surface area contributed by atoms with E-state index in [1.165, 1.54) is 12.1 Å². The van der Waals surface area contributed by atoms with Gasteiger partial charge in [0.15, 0.2) is 5.84 Å². The molecule has 1 N–H and O–H groups in total. The van der Waals surface area contributed by atoms with Gasteiger partial charge in [0.1, 0.15) is 12.5 Å². The Kier molecular flexibility index (Phi) is 4.04. The van der Waals surface area contributed by atoms with Gasteiger partial charge in [-0.25, -0.2) is 9.40 Å². The quantitative estimate of drug-likeness (QED) is 0.787. The molecule has 0 fully saturated rings. The van der Waals surface area contributed by atoms with Crippen LogP contribution in [0.2, 0.25) is 0 Å². The van der Waals surface area contributed by atoms with Crippen molar-refractivity contribution >= 4 is 17.2 Å². The topological polar surface area (TPSA) is 30.9 Å². The predicted octanol–water partition coefficient (Wildman–Crippen LogP) is 3.98. The molecule has 0 saturated carbocycles. The van der Waals surface area contributed by atoms with E-state index in [-0.39, 0.29) is 5.82 Å². The molecular formula is C20H17FN4. The van der Waals surface area contributed by atoms with Crippen molar-refractivity contribution in [2.45, 2.75) is 0 Å². The van der Waals surface area contributed by atoms with Crippen molar-refractivity contribution in [3.05, 3.63) is 96.3 Å². The van der Waals surface area contributed by atoms with E-state index in [4.69, 9.17) is 0 Å². The minimum absolute atomic E-state index is 0.287. The molecule has 0 spiro atoms. The van der Waals surface area contributed by atoms with Crippen molar-refractivity contribution < 1.29 is 4.39 Å². The first kappa shape index (κ1) is 15.2. The number of halogens is 1. The molecule has 1 aliphatic rings. The Morgan fingerprint density at radius 2 is 1.48 bits per heavy atom. The Bertz CT molecular complexity index is 880. The highest BCUT2D eigenvalue weighted by molar-refractivity contribution is 6.00. The second kappa shape index (κ2) is 6.65. The lowest BCUT2D eigenvalue weighted by Gasteiger charge is -2.36. The van der Waals surface area contributed by atoms with E-state index in [9.17, 15) is 4.39 Å². The van der Waals surface area contributed by atoms with Crippen LogP contribution in [0.5, 0.6) is 0 Å². The number of nitrogens with zero attached hydrogens (tertiary/aromatic N) is 3. The minimum Gasteiger partial charge on any atom is -0.278 e. The van der Waals surface area contributed by atoms with E-state index in [0.29, 0.717) is 18.1 Å². The average Bonchev–Trinajstić information content (AvgIpc) is 2.69. The van der Waals surface area contributed by atoms with Crippen LogP contribution in [0.15, 0.2) is 90.0 Å². The zero-order valence-electron chi connectivity index (χ0n) is 13.5. The molecule has 0 radical (unpaired) electrons. The third-order valence-electron chi connectivity index (χ3n) is 3.96. The Morgan fingerprint density at radius 1 is 0.800 bits per heavy atom. The summed E-state index contributed by atoms with van der Waals surface area (Å²) in [4.78, 5) is 0. The molecular weight excluding hydrogens is 315 g/mol. The summed E-state index contributed by atoms with van der Waals surface area (Å²) < 4.78 is 13.7. The molecule has 5 heteroatoms. The van der Waals surface area contributed by atoms with Gasteiger partial charge in [0.25, 0.3) is 0 Å². The van der Waals surface area contributed by atoms with Crippen molar-refractivity contribution in [1.29, 1.82) is 0 Å². The first-order valence-electron chi connectivity index (χ1n) is 8.06. The molecule has 3 aromatic rings. The van der Waals surface area contributed by atoms with Crippen molar-refractivity contribution in [2.24, 2.45) is 5.10 Å². The van der Waals surface area contributed by atoms with E-state index in [0.717, 1.165) is 11.4 Å². The van der Waals surface area contributed by atoms with Gasteiger partial charge in [-0.1, -0.05) is 48.5 Å². The maximum atomic E-state index is 13.7. The Hall–Kier alpha value is -3.34. The van der Waals surface area contributed by atoms with Gasteiger partial charge >= 0.3 is 0 Å². The summed E-state index contributed by atoms with van der Waals surface area (Å²) in [5, 5.41) is 8.55. The largest absolute Gasteiger partial charge is 0.278 e. The van der Waals surface area contributed by atoms with Crippen LogP contribution in [0.1, 0.15) is 5.56 Å². The molecule has 3 aromatic carbocycles. The number of para-hydroxylation sites is 2. The van der Waals surface area contributed by atoms with Gasteiger partial charge < -0.3 is 0 Å². The van der Waals surface area contributed by atoms with Gasteiger partial charge in [-0.3, -0.25) is 10.4 Å². The van der Waals surface area contributed by atoms with Crippen LogP contribution in [0.3, 0.4) is 0 Å². The molecule has 25 heavy (non-hydrogen) atoms. The fraction of sp³-hybridized carbons (Fsp3) is 0.0500. The Morgan fingerprint density at radius 3 is 2.16 bits per heavy atom. The molecule has 0 aromatic heterocycles. The monoisotopic (exact) mass is 332 g/mol. The number of amidine groups is 1. The van der Waals surface area contributed by atoms with Gasteiger partial charge in [0, 0.05) is 5.56 Å². The molecule has 1 heterocycles. The second-order valence-corrected chi connectivity index (χ2v) is 5.71. The van der Waals surface area contributed by atoms with Crippen LogP contribution in [0.4, 0.5) is 15.8 Å². The molecule has 0 aliphatic carbocycles. The number of nitrogens with one attached hydrogen (secondary N) is 1. The highest BCUT2D eigenvalue weighted by Gasteiger charge is 2.21. The molecule has 0 bridgehead atoms. The average molecular weight is 332 g/mol. The number of hydrogen-bond acceptors (Lipinski definition) is 4. The van der Waals surface area contributed by atoms with Gasteiger partial charge in [0.2, 0.25) is 0 Å². The maximum Gasteiger partial charge on any atom is 0.172 e. The molecule has 124 valence electrons. The fourth-order valence-corrected chi connectivity index (χ4v) is 2.72. The summed E-state index contributed by atoms with van der Waals surface area (Å²) in [7, 11) is 0. The van der Waals surface area contributed by atoms with Crippen LogP contribution < -0.4 is 15.4 Å². The maximum absolute atomic E-state index is 13.7. The first-order valence-corrected chi connectivity index (χ1v) is 8.06. The number of rotatable bonds is 3. The van der Waals surface area contributed by atoms with Crippen molar-refractivity contribution in [3.63, 3.8) is 0 Å². The first-order chi connectivity index (χ1) is 12.3. The summed E-state index contributed by atoms with van der Waals surface area (Å²) in [6.07, 6.45) is 0. The predicted molar refractivity (Wildman–Crippen MR) is 98.8 cm³/mol. The highest BCUT2D eigenvalue weighted by atomic mass is 19.1. The van der Waals surface area contributed by atoms with Crippen molar-refractivity contribution in [3.8, 4) is 0 Å². The number of hydrazone groups is 1. The number of hydrogen-bond donors (Lipinski definition) is 1. The van der Waals surface area contributed by atoms with Crippen LogP contribution in [0.25, 0.3) is 0 Å². The highest BCUT2D eigenvalue weighted by Crippen LogP contribution is 2.21. The fourth-order valence-electron chi connectivity index (χ4n) is 2.72. The van der Waals surface area contributed by atoms with Gasteiger partial charge in [-0.15, -0.1) is 0 Å². The van der Waals surface area contributed by atoms with E-state index in [1.807, 2.05) is 76.7 Å². The molecule has 0 amide bonds. The molecule has 4 rings (SSSR count). The number of benzene rings is 3. The van der Waals surface area contributed by atoms with Gasteiger partial charge in [-0.05, 0) is 36.4 Å². The summed E-state index contributed by atoms with van der Waals surface area (Å²) in [5.41, 5.74) is 5.96. The van der Waals surface area contributed by atoms with Crippen LogP contribution in [0, 0.1) is 5.82 Å². The second-order valence-electron chi connectivity index (χ2n) is 5.71. The normalized spacial score (nSPS) is 14.0. The van der Waals surface area contributed by atoms with E-state index < -0.39 is 0 Å². The molecule has 0 atom stereocenters. The van der Waals surface area contributed by atoms with E-state index in [1.54, 1.807) is 6.07 Å². The number of hydrazine groups is 1. The zero-order chi connectivity index (χ0) is 17.1. The molecule has 0 unspecified atom stereocenters. The van der Waals surface area contributed by atoms with E-state index >= 15 is 0 Å². The Labute approximate surface area is 145 Å². The summed E-state index contributed by atoms with van der Waals surface area (Å²) in [6, 6.07) is 26.3. The smallest absolute Gasteiger partial charge is 0.172 e. The lowest BCUT2D eigenvalue weighted by Crippen LogP contribution is -2.53. The zero-order valence-corrected chi connectivity index (χ0v) is 13.5. The molecule has 4 nitrogen and oxygen atoms in total. The standard InChI is InChI=1S/C20H17FN4/c21-17-9-7-8-16(14-17)20-22-24(18-10-3-1-4-11-18)15-25(23-20)19-12-5-2-6-13-19/h1-14H,15H2,(H,22,23). The lowest BCUT2D eigenvalue weighted by atomic mass is 10.2. The third kappa shape index (κ3) is 3.30. The SMILES string of the molecule is Fc1cccc(C2=NN(c3ccccc3)CN(c3ccccc3)N2)c1. The van der Waals surface area contributed by atoms with Gasteiger partial charge in [-0.2, -0.15) is 5.10 Å². The van der Waals surface area contributed by atoms with Crippen LogP contribution in [-0.4, -0.2) is 12.5 Å². The summed E-state index contributed by atoms with van der Waals surface area (Å²) >= 11 is 0. The minimum atomic E-state index is -0.287. The van der Waals surface area contributed by atoms with Crippen molar-refractivity contribution in [1.82, 2.24) is 5.43 Å². The lowest BCUT2D eigenvalue weighted by molar-refractivity contribution is 0.626. The van der Waals surface area contributed by atoms with Gasteiger partial charge in [0.05, 0.1) is 11.4 Å². The molecule has 1 aliphatic heterocycles. The Balaban J connectivity index is 1.74. The van der Waals surface area contributed by atoms with E-state index in [2.05, 4.69) is 10.5 Å². The van der Waals surface area contributed by atoms with Crippen LogP contribution >= 0.6 is 0 Å². The summed E-state index contributed by atoms with van der Waals surface area (Å²) in [5.74, 6) is 0.309. The third-order valence-corrected chi connectivity index (χ3v) is 3.96.